The van der Waals surface area contributed by atoms with Crippen molar-refractivity contribution in [3.63, 3.8) is 0 Å². The van der Waals surface area contributed by atoms with E-state index >= 15 is 0 Å². The van der Waals surface area contributed by atoms with E-state index in [1.807, 2.05) is 0 Å². The standard InChI is InChI=1S/C16H21N3O5S/c1-3-19(14-7-8-25(23,24)10-14)16(22)15(21)18-13-6-4-5-12(9-13)17-11(2)20/h4-6,9,14H,3,7-8,10H2,1-2H3,(H,17,20)(H,18,21). The monoisotopic (exact) mass is 367 g/mol. The SMILES string of the molecule is CCN(C(=O)C(=O)Nc1cccc(NC(C)=O)c1)C1CCS(=O)(=O)C1. The Bertz CT molecular complexity index is 791. The highest BCUT2D eigenvalue weighted by Crippen LogP contribution is 2.19. The highest BCUT2D eigenvalue weighted by atomic mass is 32.2. The third-order valence-corrected chi connectivity index (χ3v) is 5.64. The van der Waals surface area contributed by atoms with Gasteiger partial charge in [0.2, 0.25) is 5.91 Å². The molecular weight excluding hydrogens is 346 g/mol. The van der Waals surface area contributed by atoms with Gasteiger partial charge in [-0.2, -0.15) is 0 Å². The zero-order valence-corrected chi connectivity index (χ0v) is 14.9. The second-order valence-electron chi connectivity index (χ2n) is 5.86. The molecule has 8 nitrogen and oxygen atoms in total. The van der Waals surface area contributed by atoms with Gasteiger partial charge in [-0.25, -0.2) is 8.42 Å². The summed E-state index contributed by atoms with van der Waals surface area (Å²) >= 11 is 0. The molecule has 0 radical (unpaired) electrons. The minimum Gasteiger partial charge on any atom is -0.331 e. The van der Waals surface area contributed by atoms with Crippen molar-refractivity contribution in [3.05, 3.63) is 24.3 Å². The van der Waals surface area contributed by atoms with Crippen molar-refractivity contribution in [2.45, 2.75) is 26.3 Å². The maximum absolute atomic E-state index is 12.4. The molecule has 9 heteroatoms. The average Bonchev–Trinajstić information content (AvgIpc) is 2.87. The van der Waals surface area contributed by atoms with Gasteiger partial charge in [-0.15, -0.1) is 0 Å². The molecule has 1 saturated heterocycles. The minimum atomic E-state index is -3.15. The van der Waals surface area contributed by atoms with Crippen molar-refractivity contribution in [2.24, 2.45) is 0 Å². The van der Waals surface area contributed by atoms with Gasteiger partial charge in [-0.1, -0.05) is 6.07 Å². The van der Waals surface area contributed by atoms with Crippen LogP contribution in [0.25, 0.3) is 0 Å². The molecule has 1 aromatic rings. The number of carbonyl (C=O) groups is 3. The lowest BCUT2D eigenvalue weighted by Gasteiger charge is -2.26. The molecule has 1 heterocycles. The van der Waals surface area contributed by atoms with Crippen LogP contribution in [0.15, 0.2) is 24.3 Å². The summed E-state index contributed by atoms with van der Waals surface area (Å²) in [7, 11) is -3.15. The molecular formula is C16H21N3O5S. The number of nitrogens with one attached hydrogen (secondary N) is 2. The number of sulfone groups is 1. The Morgan fingerprint density at radius 3 is 2.36 bits per heavy atom. The van der Waals surface area contributed by atoms with Crippen molar-refractivity contribution < 1.29 is 22.8 Å². The maximum atomic E-state index is 12.4. The van der Waals surface area contributed by atoms with E-state index in [-0.39, 0.29) is 24.0 Å². The van der Waals surface area contributed by atoms with Crippen LogP contribution >= 0.6 is 0 Å². The third-order valence-electron chi connectivity index (χ3n) is 3.89. The van der Waals surface area contributed by atoms with Crippen molar-refractivity contribution in [1.29, 1.82) is 0 Å². The lowest BCUT2D eigenvalue weighted by atomic mass is 10.2. The van der Waals surface area contributed by atoms with Gasteiger partial charge in [0.1, 0.15) is 0 Å². The molecule has 0 bridgehead atoms. The van der Waals surface area contributed by atoms with E-state index in [0.717, 1.165) is 0 Å². The first-order chi connectivity index (χ1) is 11.7. The van der Waals surface area contributed by atoms with E-state index in [1.165, 1.54) is 17.9 Å². The predicted octanol–water partition coefficient (Wildman–Crippen LogP) is 0.619. The molecule has 25 heavy (non-hydrogen) atoms. The van der Waals surface area contributed by atoms with Gasteiger partial charge in [-0.05, 0) is 31.5 Å². The molecule has 0 aliphatic carbocycles. The van der Waals surface area contributed by atoms with E-state index in [1.54, 1.807) is 25.1 Å². The molecule has 1 aromatic carbocycles. The molecule has 1 fully saturated rings. The largest absolute Gasteiger partial charge is 0.331 e. The highest BCUT2D eigenvalue weighted by molar-refractivity contribution is 7.91. The van der Waals surface area contributed by atoms with Crippen LogP contribution in [0.5, 0.6) is 0 Å². The zero-order valence-electron chi connectivity index (χ0n) is 14.1. The van der Waals surface area contributed by atoms with Crippen LogP contribution in [0.1, 0.15) is 20.3 Å². The Hall–Kier alpha value is -2.42. The first kappa shape index (κ1) is 18.9. The van der Waals surface area contributed by atoms with Crippen LogP contribution in [-0.2, 0) is 24.2 Å². The Labute approximate surface area is 146 Å². The second-order valence-corrected chi connectivity index (χ2v) is 8.09. The van der Waals surface area contributed by atoms with Crippen molar-refractivity contribution in [3.8, 4) is 0 Å². The molecule has 1 aliphatic rings. The number of anilines is 2. The number of hydrogen-bond donors (Lipinski definition) is 2. The predicted molar refractivity (Wildman–Crippen MR) is 93.8 cm³/mol. The first-order valence-corrected chi connectivity index (χ1v) is 9.74. The first-order valence-electron chi connectivity index (χ1n) is 7.92. The molecule has 0 aromatic heterocycles. The number of carbonyl (C=O) groups excluding carboxylic acids is 3. The smallest absolute Gasteiger partial charge is 0.313 e. The number of benzene rings is 1. The Balaban J connectivity index is 2.06. The molecule has 136 valence electrons. The summed E-state index contributed by atoms with van der Waals surface area (Å²) in [5.74, 6) is -1.94. The molecule has 1 atom stereocenters. The van der Waals surface area contributed by atoms with Crippen molar-refractivity contribution in [2.75, 3.05) is 28.7 Å². The summed E-state index contributed by atoms with van der Waals surface area (Å²) in [5, 5.41) is 5.07. The van der Waals surface area contributed by atoms with Gasteiger partial charge >= 0.3 is 11.8 Å². The summed E-state index contributed by atoms with van der Waals surface area (Å²) in [4.78, 5) is 37.0. The highest BCUT2D eigenvalue weighted by Gasteiger charge is 2.35. The molecule has 1 unspecified atom stereocenters. The number of hydrogen-bond acceptors (Lipinski definition) is 5. The van der Waals surface area contributed by atoms with Gasteiger partial charge in [-0.3, -0.25) is 14.4 Å². The average molecular weight is 367 g/mol. The maximum Gasteiger partial charge on any atom is 0.313 e. The minimum absolute atomic E-state index is 0.0296. The lowest BCUT2D eigenvalue weighted by molar-refractivity contribution is -0.144. The Morgan fingerprint density at radius 1 is 1.20 bits per heavy atom. The summed E-state index contributed by atoms with van der Waals surface area (Å²) in [6.45, 7) is 3.31. The van der Waals surface area contributed by atoms with Gasteiger partial charge in [0, 0.05) is 30.9 Å². The summed E-state index contributed by atoms with van der Waals surface area (Å²) in [5.41, 5.74) is 0.853. The van der Waals surface area contributed by atoms with E-state index in [9.17, 15) is 22.8 Å². The molecule has 3 amide bonds. The zero-order chi connectivity index (χ0) is 18.6. The fourth-order valence-electron chi connectivity index (χ4n) is 2.78. The summed E-state index contributed by atoms with van der Waals surface area (Å²) in [6, 6.07) is 5.93. The summed E-state index contributed by atoms with van der Waals surface area (Å²) < 4.78 is 23.2. The van der Waals surface area contributed by atoms with Gasteiger partial charge in [0.25, 0.3) is 0 Å². The van der Waals surface area contributed by atoms with Crippen molar-refractivity contribution in [1.82, 2.24) is 4.90 Å². The summed E-state index contributed by atoms with van der Waals surface area (Å²) in [6.07, 6.45) is 0.340. The number of likely N-dealkylation sites (N-methyl/N-ethyl adjacent to an activating group) is 1. The molecule has 1 aliphatic heterocycles. The van der Waals surface area contributed by atoms with E-state index in [2.05, 4.69) is 10.6 Å². The number of nitrogens with zero attached hydrogens (tertiary/aromatic N) is 1. The van der Waals surface area contributed by atoms with E-state index < -0.39 is 27.7 Å². The fraction of sp³-hybridized carbons (Fsp3) is 0.438. The van der Waals surface area contributed by atoms with Crippen molar-refractivity contribution >= 4 is 38.9 Å². The van der Waals surface area contributed by atoms with Crippen LogP contribution in [0.2, 0.25) is 0 Å². The van der Waals surface area contributed by atoms with E-state index in [4.69, 9.17) is 0 Å². The number of amides is 3. The number of rotatable bonds is 4. The second kappa shape index (κ2) is 7.64. The Morgan fingerprint density at radius 2 is 1.84 bits per heavy atom. The van der Waals surface area contributed by atoms with Crippen LogP contribution < -0.4 is 10.6 Å². The lowest BCUT2D eigenvalue weighted by Crippen LogP contribution is -2.46. The van der Waals surface area contributed by atoms with Crippen LogP contribution in [0.4, 0.5) is 11.4 Å². The van der Waals surface area contributed by atoms with Crippen LogP contribution in [-0.4, -0.2) is 55.1 Å². The topological polar surface area (TPSA) is 113 Å². The van der Waals surface area contributed by atoms with Gasteiger partial charge in [0.15, 0.2) is 9.84 Å². The van der Waals surface area contributed by atoms with E-state index in [0.29, 0.717) is 17.8 Å². The fourth-order valence-corrected chi connectivity index (χ4v) is 4.51. The normalized spacial score (nSPS) is 18.4. The molecule has 2 rings (SSSR count). The van der Waals surface area contributed by atoms with Gasteiger partial charge in [0.05, 0.1) is 11.5 Å². The van der Waals surface area contributed by atoms with Gasteiger partial charge < -0.3 is 15.5 Å². The Kier molecular flexibility index (Phi) is 5.78. The third kappa shape index (κ3) is 5.02. The molecule has 0 saturated carbocycles. The van der Waals surface area contributed by atoms with Crippen LogP contribution in [0, 0.1) is 0 Å². The van der Waals surface area contributed by atoms with Crippen LogP contribution in [0.3, 0.4) is 0 Å². The molecule has 0 spiro atoms. The quantitative estimate of drug-likeness (QED) is 0.758. The molecule has 2 N–H and O–H groups in total.